The molecule has 3 aliphatic rings. The van der Waals surface area contributed by atoms with Gasteiger partial charge >= 0.3 is 17.9 Å². The number of nitriles is 2. The van der Waals surface area contributed by atoms with E-state index in [1.807, 2.05) is 78.9 Å². The number of aliphatic carboxylic acids is 3. The van der Waals surface area contributed by atoms with Crippen LogP contribution in [0, 0.1) is 22.7 Å². The third-order valence-electron chi connectivity index (χ3n) is 19.3. The van der Waals surface area contributed by atoms with Crippen LogP contribution in [0.25, 0.3) is 65.8 Å². The average molecular weight is 1430 g/mol. The van der Waals surface area contributed by atoms with Crippen LogP contribution in [0.3, 0.4) is 0 Å². The van der Waals surface area contributed by atoms with Crippen LogP contribution in [0.1, 0.15) is 108 Å². The van der Waals surface area contributed by atoms with Crippen molar-refractivity contribution < 1.29 is 34.5 Å². The molecule has 14 heteroatoms. The molecule has 3 N–H and O–H groups in total. The summed E-state index contributed by atoms with van der Waals surface area (Å²) in [5.74, 6) is -3.75. The van der Waals surface area contributed by atoms with E-state index < -0.39 is 30.4 Å². The maximum atomic E-state index is 13.6. The van der Waals surface area contributed by atoms with Gasteiger partial charge in [-0.15, -0.1) is 0 Å². The number of anilines is 5. The lowest BCUT2D eigenvalue weighted by atomic mass is 9.89. The van der Waals surface area contributed by atoms with Crippen LogP contribution in [0.5, 0.6) is 0 Å². The van der Waals surface area contributed by atoms with Gasteiger partial charge in [-0.1, -0.05) is 267 Å². The highest BCUT2D eigenvalue weighted by molar-refractivity contribution is 8.26. The molecule has 0 bridgehead atoms. The number of benzene rings is 11. The first-order chi connectivity index (χ1) is 52.2. The summed E-state index contributed by atoms with van der Waals surface area (Å²) >= 11 is 6.62. The number of nitrogens with zero attached hydrogens (tertiary/aromatic N) is 5. The molecular weight excluding hydrogens is 1360 g/mol. The Kier molecular flexibility index (Phi) is 21.1. The number of carboxylic acids is 3. The van der Waals surface area contributed by atoms with E-state index in [2.05, 4.69) is 228 Å². The number of amides is 1. The van der Waals surface area contributed by atoms with E-state index in [1.165, 1.54) is 23.3 Å². The maximum Gasteiger partial charge on any atom is 0.346 e. The summed E-state index contributed by atoms with van der Waals surface area (Å²) in [5, 5.41) is 46.8. The maximum absolute atomic E-state index is 13.6. The molecule has 2 aliphatic heterocycles. The van der Waals surface area contributed by atoms with Crippen molar-refractivity contribution >= 4 is 146 Å². The lowest BCUT2D eigenvalue weighted by Crippen LogP contribution is -2.33. The summed E-state index contributed by atoms with van der Waals surface area (Å²) in [4.78, 5) is 54.5. The van der Waals surface area contributed by atoms with Crippen LogP contribution in [-0.2, 0) is 19.2 Å². The molecule has 0 radical (unpaired) electrons. The molecule has 107 heavy (non-hydrogen) atoms. The number of hydrogen-bond donors (Lipinski definition) is 3. The highest BCUT2D eigenvalue weighted by Gasteiger charge is 2.46. The average Bonchev–Trinajstić information content (AvgIpc) is 1.58. The van der Waals surface area contributed by atoms with Gasteiger partial charge in [0.25, 0.3) is 5.91 Å². The Morgan fingerprint density at radius 1 is 0.467 bits per heavy atom. The fourth-order valence-corrected chi connectivity index (χ4v) is 15.4. The van der Waals surface area contributed by atoms with Gasteiger partial charge in [-0.25, -0.2) is 9.59 Å². The van der Waals surface area contributed by atoms with Gasteiger partial charge in [0.1, 0.15) is 34.1 Å². The third kappa shape index (κ3) is 16.3. The molecule has 2 heterocycles. The molecular formula is C93H67N5O7S2. The topological polar surface area (TPSA) is 186 Å². The zero-order valence-corrected chi connectivity index (χ0v) is 59.3. The van der Waals surface area contributed by atoms with E-state index in [0.29, 0.717) is 16.0 Å². The number of hydrogen-bond acceptors (Lipinski definition) is 10. The van der Waals surface area contributed by atoms with Crippen molar-refractivity contribution in [2.24, 2.45) is 0 Å². The van der Waals surface area contributed by atoms with Gasteiger partial charge in [-0.05, 0) is 204 Å². The molecule has 12 nitrogen and oxygen atoms in total. The second kappa shape index (κ2) is 32.0. The quantitative estimate of drug-likeness (QED) is 0.0252. The zero-order valence-electron chi connectivity index (χ0n) is 57.6. The standard InChI is InChI=1S/C93H67N5O7S2/c94-58-76(91(102)103)49-65-27-23-61(24-28-65)19-21-63-31-40-78(41-32-63)97(79-42-33-64(34-43-79)22-20-62-25-29-66(30-26-62)50-77(59-95)92(104)105)80-44-35-68(36-45-80)52-83(72-15-8-3-9-16-72)74-18-10-17-73(55-74)75-56-85-84-53-69(54-88-90(101)96(60-89(99)100)93(106)107-88)39-48-86(84)98(87(85)57-75)81-46-37-67(38-47-81)51-82(70-11-4-1-5-12-70)71-13-6-2-7-14-71/h1-55,75,85,87H,56-57,60H2,(H,99,100)(H,102,103)(H,104,105)/b21-19+,22-20+,76-49+,77-50+,83-52+,88-54+. The van der Waals surface area contributed by atoms with Crippen LogP contribution < -0.4 is 9.80 Å². The molecule has 3 unspecified atom stereocenters. The van der Waals surface area contributed by atoms with E-state index in [9.17, 15) is 45.0 Å². The molecule has 0 spiro atoms. The molecule has 0 aromatic heterocycles. The van der Waals surface area contributed by atoms with Crippen LogP contribution in [-0.4, -0.2) is 60.9 Å². The Bertz CT molecular complexity index is 5360. The lowest BCUT2D eigenvalue weighted by molar-refractivity contribution is -0.140. The first-order valence-corrected chi connectivity index (χ1v) is 36.0. The highest BCUT2D eigenvalue weighted by atomic mass is 32.2. The van der Waals surface area contributed by atoms with Crippen molar-refractivity contribution in [3.8, 4) is 12.1 Å². The number of thiocarbonyl (C=S) groups is 1. The number of fused-ring (bicyclic) bond motifs is 3. The molecule has 1 saturated carbocycles. The van der Waals surface area contributed by atoms with Crippen LogP contribution in [0.2, 0.25) is 0 Å². The largest absolute Gasteiger partial charge is 0.480 e. The molecule has 11 aromatic carbocycles. The summed E-state index contributed by atoms with van der Waals surface area (Å²) in [6, 6.07) is 99.1. The Morgan fingerprint density at radius 2 is 0.869 bits per heavy atom. The lowest BCUT2D eigenvalue weighted by Gasteiger charge is -2.28. The second-order valence-corrected chi connectivity index (χ2v) is 27.9. The van der Waals surface area contributed by atoms with Gasteiger partial charge in [0.2, 0.25) is 0 Å². The summed E-state index contributed by atoms with van der Waals surface area (Å²) in [6.07, 6.45) is 18.8. The predicted octanol–water partition coefficient (Wildman–Crippen LogP) is 21.1. The Hall–Kier alpha value is -13.5. The highest BCUT2D eigenvalue weighted by Crippen LogP contribution is 2.57. The van der Waals surface area contributed by atoms with E-state index in [-0.39, 0.29) is 33.3 Å². The second-order valence-electron chi connectivity index (χ2n) is 26.2. The molecule has 1 saturated heterocycles. The summed E-state index contributed by atoms with van der Waals surface area (Å²) in [5.41, 5.74) is 21.3. The van der Waals surface area contributed by atoms with Crippen molar-refractivity contribution in [2.45, 2.75) is 30.7 Å². The normalized spacial score (nSPS) is 16.0. The Labute approximate surface area is 630 Å². The summed E-state index contributed by atoms with van der Waals surface area (Å²) in [7, 11) is 0. The van der Waals surface area contributed by atoms with E-state index in [1.54, 1.807) is 36.4 Å². The molecule has 11 aromatic rings. The van der Waals surface area contributed by atoms with Crippen molar-refractivity contribution in [1.29, 1.82) is 10.5 Å². The molecule has 14 rings (SSSR count). The SMILES string of the molecule is N#C/C(=C\c1ccc(/C=C/c2ccc(N(c3ccc(/C=C/c4ccc(/C=C(\C#N)C(=O)O)cc4)cc3)c3ccc(/C=C(\c4ccccc4)c4cccc(C5CC6c7cc(/C=C8/SC(=S)N(CC(=O)O)C8=O)ccc7N(c7ccc(C=C(c8ccccc8)c8ccccc8)cc7)C6C5)c4)cc3)cc2)cc1)C(=O)O. The van der Waals surface area contributed by atoms with Crippen molar-refractivity contribution in [3.05, 3.63) is 379 Å². The van der Waals surface area contributed by atoms with Crippen molar-refractivity contribution in [2.75, 3.05) is 16.3 Å². The number of rotatable bonds is 22. The predicted molar refractivity (Wildman–Crippen MR) is 435 cm³/mol. The number of carbonyl (C=O) groups excluding carboxylic acids is 1. The van der Waals surface area contributed by atoms with Gasteiger partial charge in [0, 0.05) is 40.4 Å². The molecule has 3 atom stereocenters. The van der Waals surface area contributed by atoms with Gasteiger partial charge in [-0.2, -0.15) is 10.5 Å². The summed E-state index contributed by atoms with van der Waals surface area (Å²) < 4.78 is 0.226. The minimum Gasteiger partial charge on any atom is -0.480 e. The molecule has 1 amide bonds. The minimum atomic E-state index is -1.28. The monoisotopic (exact) mass is 1430 g/mol. The van der Waals surface area contributed by atoms with E-state index >= 15 is 0 Å². The van der Waals surface area contributed by atoms with E-state index in [0.717, 1.165) is 130 Å². The minimum absolute atomic E-state index is 0.114. The van der Waals surface area contributed by atoms with Gasteiger partial charge in [0.15, 0.2) is 0 Å². The Balaban J connectivity index is 0.765. The van der Waals surface area contributed by atoms with Gasteiger partial charge in [0.05, 0.1) is 4.91 Å². The van der Waals surface area contributed by atoms with Gasteiger partial charge < -0.3 is 25.1 Å². The van der Waals surface area contributed by atoms with Crippen molar-refractivity contribution in [1.82, 2.24) is 4.90 Å². The molecule has 1 aliphatic carbocycles. The van der Waals surface area contributed by atoms with E-state index in [4.69, 9.17) is 12.2 Å². The van der Waals surface area contributed by atoms with Crippen LogP contribution >= 0.6 is 24.0 Å². The van der Waals surface area contributed by atoms with Crippen LogP contribution in [0.4, 0.5) is 28.4 Å². The first kappa shape index (κ1) is 70.5. The molecule has 2 fully saturated rings. The third-order valence-corrected chi connectivity index (χ3v) is 20.7. The van der Waals surface area contributed by atoms with Gasteiger partial charge in [-0.3, -0.25) is 14.5 Å². The first-order valence-electron chi connectivity index (χ1n) is 34.8. The fourth-order valence-electron chi connectivity index (χ4n) is 14.1. The zero-order chi connectivity index (χ0) is 73.9. The van der Waals surface area contributed by atoms with Crippen LogP contribution in [0.15, 0.2) is 295 Å². The number of carboxylic acid groups (broad SMARTS) is 3. The Morgan fingerprint density at radius 3 is 1.32 bits per heavy atom. The fraction of sp³-hybridized carbons (Fsp3) is 0.0645. The number of thioether (sulfide) groups is 1. The smallest absolute Gasteiger partial charge is 0.346 e. The summed E-state index contributed by atoms with van der Waals surface area (Å²) in [6.45, 7) is -0.492. The number of carbonyl (C=O) groups is 4. The molecule has 518 valence electrons. The van der Waals surface area contributed by atoms with Crippen molar-refractivity contribution in [3.63, 3.8) is 0 Å².